The van der Waals surface area contributed by atoms with Crippen molar-refractivity contribution in [3.63, 3.8) is 0 Å². The Morgan fingerprint density at radius 2 is 1.62 bits per heavy atom. The third kappa shape index (κ3) is 4.60. The molecule has 1 amide bonds. The van der Waals surface area contributed by atoms with Gasteiger partial charge in [-0.15, -0.1) is 0 Å². The summed E-state index contributed by atoms with van der Waals surface area (Å²) in [6, 6.07) is 1.77. The topological polar surface area (TPSA) is 57.2 Å². The minimum Gasteiger partial charge on any atom is -0.447 e. The molecule has 0 aliphatic carbocycles. The average molecular weight is 469 g/mol. The molecule has 0 radical (unpaired) electrons. The Labute approximate surface area is 191 Å². The van der Waals surface area contributed by atoms with Gasteiger partial charge < -0.3 is 18.5 Å². The van der Waals surface area contributed by atoms with Crippen LogP contribution in [0, 0.1) is 17.0 Å². The maximum atomic E-state index is 15.2. The average Bonchev–Trinajstić information content (AvgIpc) is 3.07. The van der Waals surface area contributed by atoms with Crippen molar-refractivity contribution < 1.29 is 32.0 Å². The van der Waals surface area contributed by atoms with Crippen LogP contribution < -0.4 is 10.4 Å². The zero-order valence-electron chi connectivity index (χ0n) is 20.4. The molecule has 2 heterocycles. The fraction of sp³-hybridized carbons (Fsp3) is 0.682. The molecule has 32 heavy (non-hydrogen) atoms. The highest BCUT2D eigenvalue weighted by Gasteiger charge is 2.53. The lowest BCUT2D eigenvalue weighted by Gasteiger charge is -2.39. The fourth-order valence-corrected chi connectivity index (χ4v) is 5.19. The van der Waals surface area contributed by atoms with E-state index in [1.165, 1.54) is 4.90 Å². The van der Waals surface area contributed by atoms with Gasteiger partial charge in [0.1, 0.15) is 18.2 Å². The van der Waals surface area contributed by atoms with Crippen molar-refractivity contribution in [3.8, 4) is 0 Å². The molecule has 0 saturated carbocycles. The Balaban J connectivity index is 1.98. The molecule has 0 N–H and O–H groups in total. The van der Waals surface area contributed by atoms with Gasteiger partial charge in [0.2, 0.25) is 0 Å². The summed E-state index contributed by atoms with van der Waals surface area (Å²) < 4.78 is 53.6. The molecule has 10 heteroatoms. The Bertz CT molecular complexity index is 851. The number of anilines is 1. The fourth-order valence-electron chi connectivity index (χ4n) is 4.02. The minimum absolute atomic E-state index is 0.0797. The quantitative estimate of drug-likeness (QED) is 0.611. The van der Waals surface area contributed by atoms with Crippen LogP contribution in [0.25, 0.3) is 0 Å². The lowest BCUT2D eigenvalue weighted by atomic mass is 9.78. The minimum atomic E-state index is -1.47. The first-order valence-corrected chi connectivity index (χ1v) is 13.8. The molecule has 1 aromatic rings. The molecule has 2 atom stereocenters. The van der Waals surface area contributed by atoms with Gasteiger partial charge in [0.15, 0.2) is 9.04 Å². The third-order valence-electron chi connectivity index (χ3n) is 6.36. The van der Waals surface area contributed by atoms with Crippen LogP contribution in [0.1, 0.15) is 48.5 Å². The Morgan fingerprint density at radius 3 is 2.06 bits per heavy atom. The highest BCUT2D eigenvalue weighted by atomic mass is 28.3. The summed E-state index contributed by atoms with van der Waals surface area (Å²) in [4.78, 5) is 13.9. The number of cyclic esters (lactones) is 1. The van der Waals surface area contributed by atoms with Crippen LogP contribution in [0.5, 0.6) is 0 Å². The smallest absolute Gasteiger partial charge is 0.447 e. The maximum Gasteiger partial charge on any atom is 0.500 e. The van der Waals surface area contributed by atoms with Crippen LogP contribution in [-0.2, 0) is 18.5 Å². The van der Waals surface area contributed by atoms with Gasteiger partial charge in [0.05, 0.1) is 34.5 Å². The molecule has 3 rings (SSSR count). The van der Waals surface area contributed by atoms with Crippen molar-refractivity contribution in [1.82, 2.24) is 0 Å². The number of carbonyl (C=O) groups is 1. The van der Waals surface area contributed by atoms with Crippen LogP contribution in [-0.4, -0.2) is 52.2 Å². The van der Waals surface area contributed by atoms with Gasteiger partial charge in [0, 0.05) is 0 Å². The standard InChI is InChI=1S/C22H34BF2NO5Si/c1-20(2,3)18(29-32(8)9)16-12-28-19(27)26(16)13-10-14(24)17(15(25)11-13)23-30-21(4,5)22(6,7)31-23/h10-11,16,18,32H,12H2,1-9H3/t16-,18?/m1/s1. The van der Waals surface area contributed by atoms with Crippen molar-refractivity contribution in [1.29, 1.82) is 0 Å². The molecule has 0 bridgehead atoms. The van der Waals surface area contributed by atoms with Crippen molar-refractivity contribution in [2.75, 3.05) is 11.5 Å². The predicted molar refractivity (Wildman–Crippen MR) is 123 cm³/mol. The van der Waals surface area contributed by atoms with E-state index in [0.29, 0.717) is 0 Å². The normalized spacial score (nSPS) is 23.8. The van der Waals surface area contributed by atoms with Gasteiger partial charge in [0.25, 0.3) is 0 Å². The van der Waals surface area contributed by atoms with E-state index in [1.807, 2.05) is 61.6 Å². The molecule has 2 aliphatic rings. The first kappa shape index (κ1) is 25.1. The number of nitrogens with zero attached hydrogens (tertiary/aromatic N) is 1. The summed E-state index contributed by atoms with van der Waals surface area (Å²) >= 11 is 0. The second-order valence-corrected chi connectivity index (χ2v) is 13.3. The lowest BCUT2D eigenvalue weighted by Crippen LogP contribution is -2.51. The number of halogens is 2. The molecule has 6 nitrogen and oxygen atoms in total. The van der Waals surface area contributed by atoms with Crippen LogP contribution >= 0.6 is 0 Å². The number of benzene rings is 1. The molecule has 0 aromatic heterocycles. The summed E-state index contributed by atoms with van der Waals surface area (Å²) in [5, 5.41) is 0. The van der Waals surface area contributed by atoms with Crippen LogP contribution in [0.3, 0.4) is 0 Å². The molecular weight excluding hydrogens is 435 g/mol. The third-order valence-corrected chi connectivity index (χ3v) is 7.20. The molecule has 1 aromatic carbocycles. The van der Waals surface area contributed by atoms with Crippen molar-refractivity contribution in [2.24, 2.45) is 5.41 Å². The summed E-state index contributed by atoms with van der Waals surface area (Å²) in [7, 11) is -2.66. The Hall–Kier alpha value is -1.49. The van der Waals surface area contributed by atoms with E-state index in [9.17, 15) is 4.79 Å². The second kappa shape index (κ2) is 8.38. The molecule has 2 aliphatic heterocycles. The number of ether oxygens (including phenoxy) is 1. The monoisotopic (exact) mass is 469 g/mol. The number of hydrogen-bond donors (Lipinski definition) is 0. The van der Waals surface area contributed by atoms with Gasteiger partial charge in [-0.25, -0.2) is 13.6 Å². The second-order valence-electron chi connectivity index (χ2n) is 10.9. The van der Waals surface area contributed by atoms with E-state index in [0.717, 1.165) is 12.1 Å². The number of rotatable bonds is 5. The van der Waals surface area contributed by atoms with Crippen molar-refractivity contribution >= 4 is 33.4 Å². The van der Waals surface area contributed by atoms with E-state index in [4.69, 9.17) is 18.5 Å². The molecule has 1 unspecified atom stereocenters. The van der Waals surface area contributed by atoms with E-state index in [-0.39, 0.29) is 29.3 Å². The summed E-state index contributed by atoms with van der Waals surface area (Å²) in [6.07, 6.45) is -1.00. The Kier molecular flexibility index (Phi) is 6.58. The van der Waals surface area contributed by atoms with E-state index < -0.39 is 51.1 Å². The summed E-state index contributed by atoms with van der Waals surface area (Å²) in [5.41, 5.74) is -2.02. The summed E-state index contributed by atoms with van der Waals surface area (Å²) in [5.74, 6) is -1.69. The first-order valence-electron chi connectivity index (χ1n) is 11.0. The maximum absolute atomic E-state index is 15.2. The molecule has 2 saturated heterocycles. The van der Waals surface area contributed by atoms with Crippen molar-refractivity contribution in [2.45, 2.75) is 84.9 Å². The van der Waals surface area contributed by atoms with Crippen LogP contribution in [0.15, 0.2) is 12.1 Å². The lowest BCUT2D eigenvalue weighted by molar-refractivity contribution is 0.00578. The van der Waals surface area contributed by atoms with E-state index in [2.05, 4.69) is 0 Å². The van der Waals surface area contributed by atoms with Gasteiger partial charge >= 0.3 is 13.2 Å². The number of amides is 1. The molecule has 0 spiro atoms. The van der Waals surface area contributed by atoms with Crippen LogP contribution in [0.4, 0.5) is 19.3 Å². The zero-order valence-corrected chi connectivity index (χ0v) is 21.6. The Morgan fingerprint density at radius 1 is 1.12 bits per heavy atom. The van der Waals surface area contributed by atoms with Gasteiger partial charge in [-0.2, -0.15) is 0 Å². The van der Waals surface area contributed by atoms with Gasteiger partial charge in [-0.05, 0) is 58.3 Å². The highest BCUT2D eigenvalue weighted by molar-refractivity contribution is 6.62. The number of hydrogen-bond acceptors (Lipinski definition) is 5. The SMILES string of the molecule is C[SiH](C)OC([C@H]1COC(=O)N1c1cc(F)c(B2OC(C)(C)C(C)(C)O2)c(F)c1)C(C)(C)C. The summed E-state index contributed by atoms with van der Waals surface area (Å²) in [6.45, 7) is 17.5. The molecule has 2 fully saturated rings. The van der Waals surface area contributed by atoms with Crippen LogP contribution in [0.2, 0.25) is 13.1 Å². The predicted octanol–water partition coefficient (Wildman–Crippen LogP) is 4.00. The first-order chi connectivity index (χ1) is 14.5. The van der Waals surface area contributed by atoms with Crippen molar-refractivity contribution in [3.05, 3.63) is 23.8 Å². The molecular formula is C22H34BF2NO5Si. The largest absolute Gasteiger partial charge is 0.500 e. The molecule has 178 valence electrons. The van der Waals surface area contributed by atoms with E-state index in [1.54, 1.807) is 0 Å². The number of carbonyl (C=O) groups excluding carboxylic acids is 1. The zero-order chi connectivity index (χ0) is 24.2. The van der Waals surface area contributed by atoms with Gasteiger partial charge in [-0.1, -0.05) is 20.8 Å². The van der Waals surface area contributed by atoms with Gasteiger partial charge in [-0.3, -0.25) is 4.90 Å². The van der Waals surface area contributed by atoms with E-state index >= 15 is 8.78 Å². The highest BCUT2D eigenvalue weighted by Crippen LogP contribution is 2.38.